The average molecular weight is 140 g/mol. The van der Waals surface area contributed by atoms with Crippen molar-refractivity contribution >= 4 is 0 Å². The van der Waals surface area contributed by atoms with E-state index in [1.165, 1.54) is 11.1 Å². The Labute approximate surface area is 65.7 Å². The van der Waals surface area contributed by atoms with E-state index in [9.17, 15) is 0 Å². The maximum atomic E-state index is 3.78. The molecule has 0 nitrogen and oxygen atoms in total. The molecular weight excluding hydrogens is 120 g/mol. The lowest BCUT2D eigenvalue weighted by Gasteiger charge is -1.89. The van der Waals surface area contributed by atoms with Gasteiger partial charge in [-0.05, 0) is 27.2 Å². The van der Waals surface area contributed by atoms with Crippen LogP contribution in [0.5, 0.6) is 0 Å². The van der Waals surface area contributed by atoms with Gasteiger partial charge in [-0.3, -0.25) is 0 Å². The van der Waals surface area contributed by atoms with Crippen LogP contribution < -0.4 is 0 Å². The van der Waals surface area contributed by atoms with Crippen molar-refractivity contribution in [3.05, 3.63) is 23.8 Å². The van der Waals surface area contributed by atoms with Crippen molar-refractivity contribution in [2.75, 3.05) is 0 Å². The Morgan fingerprint density at radius 2 is 1.60 bits per heavy atom. The van der Waals surface area contributed by atoms with Crippen LogP contribution in [-0.2, 0) is 0 Å². The minimum Gasteiger partial charge on any atom is -0.0998 e. The van der Waals surface area contributed by atoms with Gasteiger partial charge in [-0.25, -0.2) is 0 Å². The molecule has 0 N–H and O–H groups in total. The molecule has 0 aliphatic carbocycles. The van der Waals surface area contributed by atoms with E-state index in [0.29, 0.717) is 0 Å². The molecule has 60 valence electrons. The number of rotatable bonds is 2. The first kappa shape index (κ1) is 12.2. The van der Waals surface area contributed by atoms with Crippen molar-refractivity contribution in [1.29, 1.82) is 0 Å². The van der Waals surface area contributed by atoms with Crippen LogP contribution in [0.15, 0.2) is 23.8 Å². The van der Waals surface area contributed by atoms with Gasteiger partial charge in [0.15, 0.2) is 0 Å². The van der Waals surface area contributed by atoms with Gasteiger partial charge in [0.25, 0.3) is 0 Å². The van der Waals surface area contributed by atoms with Gasteiger partial charge in [-0.15, -0.1) is 0 Å². The third kappa shape index (κ3) is 15.6. The van der Waals surface area contributed by atoms with Crippen LogP contribution in [0.1, 0.15) is 41.0 Å². The van der Waals surface area contributed by atoms with Crippen molar-refractivity contribution in [3.63, 3.8) is 0 Å². The molecule has 0 atom stereocenters. The summed E-state index contributed by atoms with van der Waals surface area (Å²) < 4.78 is 0. The molecular formula is C10H20. The van der Waals surface area contributed by atoms with Gasteiger partial charge in [0, 0.05) is 0 Å². The van der Waals surface area contributed by atoms with Crippen LogP contribution in [0.2, 0.25) is 0 Å². The molecule has 0 aromatic heterocycles. The van der Waals surface area contributed by atoms with E-state index < -0.39 is 0 Å². The Morgan fingerprint density at radius 3 is 1.70 bits per heavy atom. The highest BCUT2D eigenvalue weighted by atomic mass is 13.9. The standard InChI is InChI=1S/C8H14.C2H6/c1-7(2)5-6-8(3)4;1-2/h6H,1,5H2,2-4H3;1-2H3. The van der Waals surface area contributed by atoms with Crippen LogP contribution in [0.3, 0.4) is 0 Å². The Hall–Kier alpha value is -0.520. The highest BCUT2D eigenvalue weighted by Gasteiger charge is 1.78. The summed E-state index contributed by atoms with van der Waals surface area (Å²) in [6, 6.07) is 0. The highest BCUT2D eigenvalue weighted by molar-refractivity contribution is 5.03. The van der Waals surface area contributed by atoms with Crippen LogP contribution in [-0.4, -0.2) is 0 Å². The topological polar surface area (TPSA) is 0 Å². The molecule has 0 rings (SSSR count). The fourth-order valence-electron chi connectivity index (χ4n) is 0.378. The molecule has 0 aromatic rings. The molecule has 0 aliphatic heterocycles. The first-order chi connectivity index (χ1) is 4.63. The second kappa shape index (κ2) is 8.48. The predicted molar refractivity (Wildman–Crippen MR) is 50.2 cm³/mol. The molecule has 0 heteroatoms. The lowest BCUT2D eigenvalue weighted by atomic mass is 10.2. The van der Waals surface area contributed by atoms with Crippen molar-refractivity contribution in [2.24, 2.45) is 0 Å². The first-order valence-electron chi connectivity index (χ1n) is 3.90. The zero-order valence-corrected chi connectivity index (χ0v) is 7.99. The van der Waals surface area contributed by atoms with Gasteiger partial charge in [0.1, 0.15) is 0 Å². The van der Waals surface area contributed by atoms with Crippen molar-refractivity contribution < 1.29 is 0 Å². The van der Waals surface area contributed by atoms with Gasteiger partial charge < -0.3 is 0 Å². The summed E-state index contributed by atoms with van der Waals surface area (Å²) >= 11 is 0. The van der Waals surface area contributed by atoms with Crippen LogP contribution in [0.4, 0.5) is 0 Å². The van der Waals surface area contributed by atoms with E-state index in [2.05, 4.69) is 26.5 Å². The third-order valence-electron chi connectivity index (χ3n) is 0.859. The molecule has 0 saturated carbocycles. The SMILES string of the molecule is C=C(C)CC=C(C)C.CC. The number of hydrogen-bond acceptors (Lipinski definition) is 0. The van der Waals surface area contributed by atoms with E-state index in [4.69, 9.17) is 0 Å². The summed E-state index contributed by atoms with van der Waals surface area (Å²) in [5.74, 6) is 0. The van der Waals surface area contributed by atoms with Gasteiger partial charge >= 0.3 is 0 Å². The van der Waals surface area contributed by atoms with Gasteiger partial charge in [0.2, 0.25) is 0 Å². The highest BCUT2D eigenvalue weighted by Crippen LogP contribution is 1.99. The first-order valence-corrected chi connectivity index (χ1v) is 3.90. The second-order valence-electron chi connectivity index (χ2n) is 2.44. The minimum atomic E-state index is 1.03. The molecule has 0 unspecified atom stereocenters. The maximum absolute atomic E-state index is 3.78. The second-order valence-corrected chi connectivity index (χ2v) is 2.44. The molecule has 0 bridgehead atoms. The van der Waals surface area contributed by atoms with E-state index in [1.54, 1.807) is 0 Å². The normalized spacial score (nSPS) is 7.30. The summed E-state index contributed by atoms with van der Waals surface area (Å²) in [5.41, 5.74) is 2.60. The third-order valence-corrected chi connectivity index (χ3v) is 0.859. The lowest BCUT2D eigenvalue weighted by molar-refractivity contribution is 1.18. The zero-order valence-electron chi connectivity index (χ0n) is 7.99. The molecule has 10 heavy (non-hydrogen) atoms. The van der Waals surface area contributed by atoms with E-state index in [0.717, 1.165) is 6.42 Å². The zero-order chi connectivity index (χ0) is 8.57. The molecule has 0 aliphatic rings. The summed E-state index contributed by atoms with van der Waals surface area (Å²) in [7, 11) is 0. The summed E-state index contributed by atoms with van der Waals surface area (Å²) in [5, 5.41) is 0. The Balaban J connectivity index is 0. The van der Waals surface area contributed by atoms with Crippen molar-refractivity contribution in [1.82, 2.24) is 0 Å². The predicted octanol–water partition coefficient (Wildman–Crippen LogP) is 3.95. The minimum absolute atomic E-state index is 1.03. The van der Waals surface area contributed by atoms with Gasteiger partial charge in [-0.1, -0.05) is 37.6 Å². The Morgan fingerprint density at radius 1 is 1.20 bits per heavy atom. The summed E-state index contributed by atoms with van der Waals surface area (Å²) in [4.78, 5) is 0. The number of allylic oxidation sites excluding steroid dienone is 3. The molecule has 0 amide bonds. The van der Waals surface area contributed by atoms with E-state index in [1.807, 2.05) is 20.8 Å². The van der Waals surface area contributed by atoms with Crippen molar-refractivity contribution in [2.45, 2.75) is 41.0 Å². The lowest BCUT2D eigenvalue weighted by Crippen LogP contribution is -1.68. The monoisotopic (exact) mass is 140 g/mol. The van der Waals surface area contributed by atoms with Crippen molar-refractivity contribution in [3.8, 4) is 0 Å². The maximum Gasteiger partial charge on any atom is -0.0142 e. The molecule has 0 saturated heterocycles. The summed E-state index contributed by atoms with van der Waals surface area (Å²) in [6.07, 6.45) is 3.21. The molecule has 0 aromatic carbocycles. The Kier molecular flexibility index (Phi) is 10.3. The largest absolute Gasteiger partial charge is 0.0998 e. The van der Waals surface area contributed by atoms with Crippen LogP contribution in [0, 0.1) is 0 Å². The number of hydrogen-bond donors (Lipinski definition) is 0. The molecule has 0 heterocycles. The van der Waals surface area contributed by atoms with Gasteiger partial charge in [-0.2, -0.15) is 0 Å². The van der Waals surface area contributed by atoms with Gasteiger partial charge in [0.05, 0.1) is 0 Å². The van der Waals surface area contributed by atoms with E-state index in [-0.39, 0.29) is 0 Å². The molecule has 0 fully saturated rings. The van der Waals surface area contributed by atoms with Crippen LogP contribution >= 0.6 is 0 Å². The summed E-state index contributed by atoms with van der Waals surface area (Å²) in [6.45, 7) is 14.0. The average Bonchev–Trinajstić information content (AvgIpc) is 1.89. The van der Waals surface area contributed by atoms with E-state index >= 15 is 0 Å². The molecule has 0 spiro atoms. The quantitative estimate of drug-likeness (QED) is 0.509. The fraction of sp³-hybridized carbons (Fsp3) is 0.600. The molecule has 0 radical (unpaired) electrons. The fourth-order valence-corrected chi connectivity index (χ4v) is 0.378. The Bertz CT molecular complexity index is 103. The van der Waals surface area contributed by atoms with Crippen LogP contribution in [0.25, 0.3) is 0 Å². The smallest absolute Gasteiger partial charge is 0.0142 e.